The fraction of sp³-hybridized carbons (Fsp3) is 0.185. The monoisotopic (exact) mass is 522 g/mol. The fourth-order valence-electron chi connectivity index (χ4n) is 4.31. The first-order valence-electron chi connectivity index (χ1n) is 11.4. The van der Waals surface area contributed by atoms with E-state index in [1.165, 1.54) is 18.3 Å². The predicted molar refractivity (Wildman–Crippen MR) is 139 cm³/mol. The summed E-state index contributed by atoms with van der Waals surface area (Å²) in [5, 5.41) is 9.43. The highest BCUT2D eigenvalue weighted by Crippen LogP contribution is 2.33. The molecule has 3 heterocycles. The summed E-state index contributed by atoms with van der Waals surface area (Å²) in [6.45, 7) is 3.02. The number of aromatic nitrogens is 3. The van der Waals surface area contributed by atoms with Crippen LogP contribution in [-0.4, -0.2) is 38.6 Å². The predicted octanol–water partition coefficient (Wildman–Crippen LogP) is 7.01. The highest BCUT2D eigenvalue weighted by atomic mass is 35.5. The van der Waals surface area contributed by atoms with Crippen molar-refractivity contribution in [1.82, 2.24) is 15.0 Å². The maximum absolute atomic E-state index is 13.8. The summed E-state index contributed by atoms with van der Waals surface area (Å²) >= 11 is 12.3. The number of anilines is 1. The molecule has 6 nitrogen and oxygen atoms in total. The van der Waals surface area contributed by atoms with E-state index in [1.807, 2.05) is 30.3 Å². The second-order valence-electron chi connectivity index (χ2n) is 8.69. The van der Waals surface area contributed by atoms with Crippen LogP contribution in [0.15, 0.2) is 60.8 Å². The van der Waals surface area contributed by atoms with E-state index in [2.05, 4.69) is 16.8 Å². The quantitative estimate of drug-likeness (QED) is 0.303. The van der Waals surface area contributed by atoms with Gasteiger partial charge in [-0.15, -0.1) is 0 Å². The Balaban J connectivity index is 1.55. The van der Waals surface area contributed by atoms with Gasteiger partial charge >= 0.3 is 5.97 Å². The number of rotatable bonds is 5. The van der Waals surface area contributed by atoms with E-state index in [1.54, 1.807) is 12.1 Å². The van der Waals surface area contributed by atoms with Gasteiger partial charge in [0.15, 0.2) is 0 Å². The zero-order chi connectivity index (χ0) is 25.4. The van der Waals surface area contributed by atoms with Crippen LogP contribution in [0.5, 0.6) is 0 Å². The second kappa shape index (κ2) is 9.84. The molecule has 1 N–H and O–H groups in total. The number of carbonyl (C=O) groups is 1. The smallest absolute Gasteiger partial charge is 0.337 e. The Hall–Kier alpha value is -3.55. The van der Waals surface area contributed by atoms with Crippen LogP contribution in [0.3, 0.4) is 0 Å². The van der Waals surface area contributed by atoms with Crippen molar-refractivity contribution in [3.8, 4) is 33.8 Å². The van der Waals surface area contributed by atoms with Crippen molar-refractivity contribution in [2.75, 3.05) is 11.4 Å². The molecule has 0 bridgehead atoms. The summed E-state index contributed by atoms with van der Waals surface area (Å²) < 4.78 is 13.8. The van der Waals surface area contributed by atoms with E-state index in [9.17, 15) is 9.18 Å². The largest absolute Gasteiger partial charge is 0.478 e. The van der Waals surface area contributed by atoms with Gasteiger partial charge in [0.2, 0.25) is 5.95 Å². The fourth-order valence-corrected chi connectivity index (χ4v) is 4.77. The van der Waals surface area contributed by atoms with Crippen molar-refractivity contribution in [2.24, 2.45) is 0 Å². The van der Waals surface area contributed by atoms with Crippen LogP contribution < -0.4 is 4.90 Å². The number of hydrogen-bond acceptors (Lipinski definition) is 5. The first kappa shape index (κ1) is 24.2. The van der Waals surface area contributed by atoms with Crippen molar-refractivity contribution in [1.29, 1.82) is 0 Å². The molecule has 1 saturated heterocycles. The molecule has 1 aliphatic heterocycles. The molecule has 1 fully saturated rings. The van der Waals surface area contributed by atoms with Crippen molar-refractivity contribution in [3.63, 3.8) is 0 Å². The van der Waals surface area contributed by atoms with E-state index in [0.717, 1.165) is 30.5 Å². The van der Waals surface area contributed by atoms with Gasteiger partial charge in [0.25, 0.3) is 0 Å². The molecule has 9 heteroatoms. The minimum atomic E-state index is -1.09. The topological polar surface area (TPSA) is 79.2 Å². The molecule has 2 aromatic heterocycles. The lowest BCUT2D eigenvalue weighted by Gasteiger charge is -2.22. The van der Waals surface area contributed by atoms with E-state index < -0.39 is 11.8 Å². The average Bonchev–Trinajstić information content (AvgIpc) is 3.31. The van der Waals surface area contributed by atoms with Gasteiger partial charge in [-0.2, -0.15) is 0 Å². The van der Waals surface area contributed by atoms with Crippen molar-refractivity contribution >= 4 is 35.1 Å². The first-order valence-corrected chi connectivity index (χ1v) is 12.2. The molecule has 0 saturated carbocycles. The Morgan fingerprint density at radius 2 is 1.64 bits per heavy atom. The van der Waals surface area contributed by atoms with E-state index >= 15 is 0 Å². The van der Waals surface area contributed by atoms with Crippen LogP contribution in [0.4, 0.5) is 10.3 Å². The third kappa shape index (κ3) is 4.76. The molecule has 5 rings (SSSR count). The molecule has 0 spiro atoms. The molecule has 0 unspecified atom stereocenters. The maximum atomic E-state index is 13.8. The van der Waals surface area contributed by atoms with Crippen molar-refractivity contribution < 1.29 is 14.3 Å². The highest BCUT2D eigenvalue weighted by molar-refractivity contribution is 6.33. The van der Waals surface area contributed by atoms with Crippen molar-refractivity contribution in [2.45, 2.75) is 25.8 Å². The molecule has 0 amide bonds. The number of halogens is 3. The van der Waals surface area contributed by atoms with E-state index in [0.29, 0.717) is 34.6 Å². The number of carboxylic acid groups (broad SMARTS) is 1. The average molecular weight is 523 g/mol. The Morgan fingerprint density at radius 1 is 0.972 bits per heavy atom. The van der Waals surface area contributed by atoms with Crippen LogP contribution in [-0.2, 0) is 0 Å². The zero-order valence-electron chi connectivity index (χ0n) is 19.3. The molecule has 2 aromatic carbocycles. The molecular formula is C27H21Cl2FN4O2. The Morgan fingerprint density at radius 3 is 2.25 bits per heavy atom. The first-order chi connectivity index (χ1) is 17.3. The van der Waals surface area contributed by atoms with Crippen LogP contribution in [0.2, 0.25) is 10.0 Å². The van der Waals surface area contributed by atoms with Gasteiger partial charge in [0, 0.05) is 35.5 Å². The standard InChI is InChI=1S/C27H21Cl2FN4O2/c1-15-3-2-10-34(15)27-32-23(13-24(33-27)18-8-9-22(30)20(28)11-18)16-4-6-17(7-5-16)25-21(29)12-19(14-31-25)26(35)36/h4-9,11-15H,2-3,10H2,1H3,(H,35,36)/t15-/m0/s1. The second-order valence-corrected chi connectivity index (χ2v) is 9.50. The van der Waals surface area contributed by atoms with Gasteiger partial charge in [0.1, 0.15) is 5.82 Å². The molecule has 0 aliphatic carbocycles. The molecule has 1 atom stereocenters. The number of carboxylic acids is 1. The van der Waals surface area contributed by atoms with Crippen LogP contribution in [0, 0.1) is 5.82 Å². The molecule has 1 aliphatic rings. The normalized spacial score (nSPS) is 15.3. The van der Waals surface area contributed by atoms with E-state index in [4.69, 9.17) is 38.3 Å². The van der Waals surface area contributed by atoms with Crippen LogP contribution in [0.1, 0.15) is 30.1 Å². The summed E-state index contributed by atoms with van der Waals surface area (Å²) in [5.41, 5.74) is 4.16. The van der Waals surface area contributed by atoms with Gasteiger partial charge in [-0.1, -0.05) is 47.5 Å². The summed E-state index contributed by atoms with van der Waals surface area (Å²) in [5.74, 6) is -0.954. The zero-order valence-corrected chi connectivity index (χ0v) is 20.8. The lowest BCUT2D eigenvalue weighted by Crippen LogP contribution is -2.28. The Bertz CT molecular complexity index is 1460. The lowest BCUT2D eigenvalue weighted by molar-refractivity contribution is 0.0696. The summed E-state index contributed by atoms with van der Waals surface area (Å²) in [7, 11) is 0. The maximum Gasteiger partial charge on any atom is 0.337 e. The Labute approximate surface area is 217 Å². The van der Waals surface area contributed by atoms with Gasteiger partial charge < -0.3 is 10.0 Å². The summed E-state index contributed by atoms with van der Waals surface area (Å²) in [6.07, 6.45) is 3.41. The molecule has 36 heavy (non-hydrogen) atoms. The summed E-state index contributed by atoms with van der Waals surface area (Å²) in [6, 6.07) is 15.6. The minimum absolute atomic E-state index is 0.0263. The molecule has 0 radical (unpaired) electrons. The minimum Gasteiger partial charge on any atom is -0.478 e. The molecule has 182 valence electrons. The lowest BCUT2D eigenvalue weighted by atomic mass is 10.0. The van der Waals surface area contributed by atoms with Gasteiger partial charge in [-0.3, -0.25) is 4.98 Å². The molecular weight excluding hydrogens is 502 g/mol. The number of nitrogens with zero attached hydrogens (tertiary/aromatic N) is 4. The van der Waals surface area contributed by atoms with Crippen LogP contribution >= 0.6 is 23.2 Å². The SMILES string of the molecule is C[C@H]1CCCN1c1nc(-c2ccc(-c3ncc(C(=O)O)cc3Cl)cc2)cc(-c2ccc(F)c(Cl)c2)n1. The van der Waals surface area contributed by atoms with Crippen molar-refractivity contribution in [3.05, 3.63) is 82.2 Å². The third-order valence-corrected chi connectivity index (χ3v) is 6.86. The number of pyridine rings is 1. The number of hydrogen-bond donors (Lipinski definition) is 1. The summed E-state index contributed by atoms with van der Waals surface area (Å²) in [4.78, 5) is 27.2. The van der Waals surface area contributed by atoms with Crippen LogP contribution in [0.25, 0.3) is 33.8 Å². The third-order valence-electron chi connectivity index (χ3n) is 6.28. The Kier molecular flexibility index (Phi) is 6.60. The number of aromatic carboxylic acids is 1. The van der Waals surface area contributed by atoms with E-state index in [-0.39, 0.29) is 15.6 Å². The van der Waals surface area contributed by atoms with Gasteiger partial charge in [0.05, 0.1) is 32.7 Å². The highest BCUT2D eigenvalue weighted by Gasteiger charge is 2.24. The van der Waals surface area contributed by atoms with Gasteiger partial charge in [-0.05, 0) is 50.1 Å². The number of benzene rings is 2. The molecule has 4 aromatic rings. The van der Waals surface area contributed by atoms with Gasteiger partial charge in [-0.25, -0.2) is 19.2 Å².